The maximum atomic E-state index is 5.89. The first-order valence-corrected chi connectivity index (χ1v) is 8.80. The summed E-state index contributed by atoms with van der Waals surface area (Å²) in [7, 11) is 0. The second-order valence-corrected chi connectivity index (χ2v) is 6.45. The van der Waals surface area contributed by atoms with Crippen LogP contribution in [0.25, 0.3) is 0 Å². The molecule has 0 fully saturated rings. The Bertz CT molecular complexity index is 599. The Balaban J connectivity index is 1.71. The highest BCUT2D eigenvalue weighted by Crippen LogP contribution is 2.16. The number of halogens is 1. The third-order valence-corrected chi connectivity index (χ3v) is 3.75. The predicted molar refractivity (Wildman–Crippen MR) is 99.6 cm³/mol. The Labute approximate surface area is 149 Å². The lowest BCUT2D eigenvalue weighted by atomic mass is 10.2. The summed E-state index contributed by atoms with van der Waals surface area (Å²) in [5.41, 5.74) is 2.32. The summed E-state index contributed by atoms with van der Waals surface area (Å²) in [6.45, 7) is 7.24. The molecule has 2 aromatic rings. The minimum Gasteiger partial charge on any atom is -0.489 e. The van der Waals surface area contributed by atoms with Crippen molar-refractivity contribution in [3.63, 3.8) is 0 Å². The molecule has 0 amide bonds. The summed E-state index contributed by atoms with van der Waals surface area (Å²) in [4.78, 5) is 0. The van der Waals surface area contributed by atoms with Crippen LogP contribution >= 0.6 is 11.6 Å². The highest BCUT2D eigenvalue weighted by Gasteiger charge is 1.99. The van der Waals surface area contributed by atoms with Gasteiger partial charge in [-0.25, -0.2) is 0 Å². The third-order valence-electron chi connectivity index (χ3n) is 3.50. The second kappa shape index (κ2) is 10.3. The van der Waals surface area contributed by atoms with Crippen molar-refractivity contribution in [2.24, 2.45) is 0 Å². The minimum atomic E-state index is 0.305. The topological polar surface area (TPSA) is 30.5 Å². The van der Waals surface area contributed by atoms with Crippen molar-refractivity contribution in [2.45, 2.75) is 39.5 Å². The molecule has 0 saturated carbocycles. The zero-order valence-electron chi connectivity index (χ0n) is 14.4. The van der Waals surface area contributed by atoms with Crippen LogP contribution in [0.4, 0.5) is 0 Å². The fourth-order valence-corrected chi connectivity index (χ4v) is 2.37. The molecule has 0 saturated heterocycles. The first-order chi connectivity index (χ1) is 11.6. The van der Waals surface area contributed by atoms with Crippen LogP contribution in [0.1, 0.15) is 31.4 Å². The van der Waals surface area contributed by atoms with E-state index in [1.54, 1.807) is 0 Å². The van der Waals surface area contributed by atoms with Gasteiger partial charge in [0.05, 0.1) is 6.10 Å². The lowest BCUT2D eigenvalue weighted by Gasteiger charge is -2.10. The van der Waals surface area contributed by atoms with Crippen molar-refractivity contribution < 1.29 is 9.47 Å². The van der Waals surface area contributed by atoms with Crippen molar-refractivity contribution in [3.05, 3.63) is 64.7 Å². The number of nitrogens with one attached hydrogen (secondary N) is 1. The van der Waals surface area contributed by atoms with Crippen LogP contribution in [0.2, 0.25) is 5.02 Å². The van der Waals surface area contributed by atoms with E-state index in [-0.39, 0.29) is 0 Å². The Morgan fingerprint density at radius 3 is 2.58 bits per heavy atom. The quantitative estimate of drug-likeness (QED) is 0.625. The summed E-state index contributed by atoms with van der Waals surface area (Å²) in [5.74, 6) is 0.882. The zero-order chi connectivity index (χ0) is 17.2. The first-order valence-electron chi connectivity index (χ1n) is 8.42. The van der Waals surface area contributed by atoms with E-state index in [0.717, 1.165) is 42.5 Å². The van der Waals surface area contributed by atoms with E-state index in [0.29, 0.717) is 12.7 Å². The fraction of sp³-hybridized carbons (Fsp3) is 0.400. The van der Waals surface area contributed by atoms with Gasteiger partial charge in [-0.3, -0.25) is 0 Å². The summed E-state index contributed by atoms with van der Waals surface area (Å²) in [6, 6.07) is 15.9. The molecule has 0 aliphatic carbocycles. The van der Waals surface area contributed by atoms with Gasteiger partial charge in [0, 0.05) is 18.2 Å². The van der Waals surface area contributed by atoms with Gasteiger partial charge in [-0.2, -0.15) is 0 Å². The van der Waals surface area contributed by atoms with Gasteiger partial charge < -0.3 is 14.8 Å². The normalized spacial score (nSPS) is 11.0. The van der Waals surface area contributed by atoms with Crippen LogP contribution in [-0.4, -0.2) is 19.3 Å². The highest BCUT2D eigenvalue weighted by atomic mass is 35.5. The van der Waals surface area contributed by atoms with Gasteiger partial charge in [-0.05, 0) is 62.2 Å². The van der Waals surface area contributed by atoms with E-state index in [4.69, 9.17) is 21.1 Å². The molecular formula is C20H26ClNO2. The predicted octanol–water partition coefficient (Wildman–Crippen LogP) is 4.82. The summed E-state index contributed by atoms with van der Waals surface area (Å²) >= 11 is 5.89. The summed E-state index contributed by atoms with van der Waals surface area (Å²) in [6.07, 6.45) is 1.32. The van der Waals surface area contributed by atoms with Crippen LogP contribution in [-0.2, 0) is 17.9 Å². The highest BCUT2D eigenvalue weighted by molar-refractivity contribution is 6.30. The van der Waals surface area contributed by atoms with Crippen molar-refractivity contribution in [1.29, 1.82) is 0 Å². The molecule has 0 aliphatic rings. The second-order valence-electron chi connectivity index (χ2n) is 6.01. The van der Waals surface area contributed by atoms with Gasteiger partial charge in [-0.15, -0.1) is 0 Å². The van der Waals surface area contributed by atoms with Crippen molar-refractivity contribution >= 4 is 11.6 Å². The molecule has 0 aromatic heterocycles. The van der Waals surface area contributed by atoms with E-state index in [2.05, 4.69) is 31.3 Å². The van der Waals surface area contributed by atoms with E-state index >= 15 is 0 Å². The molecule has 2 rings (SSSR count). The standard InChI is InChI=1S/C20H26ClNO2/c1-16(2)23-12-4-11-22-14-18-5-3-6-20(13-18)24-15-17-7-9-19(21)10-8-17/h3,5-10,13,16,22H,4,11-12,14-15H2,1-2H3. The lowest BCUT2D eigenvalue weighted by Crippen LogP contribution is -2.17. The van der Waals surface area contributed by atoms with E-state index in [9.17, 15) is 0 Å². The van der Waals surface area contributed by atoms with E-state index in [1.807, 2.05) is 36.4 Å². The number of ether oxygens (including phenoxy) is 2. The van der Waals surface area contributed by atoms with Crippen molar-refractivity contribution in [2.75, 3.05) is 13.2 Å². The molecule has 0 unspecified atom stereocenters. The van der Waals surface area contributed by atoms with Gasteiger partial charge in [-0.1, -0.05) is 35.9 Å². The van der Waals surface area contributed by atoms with Gasteiger partial charge in [0.1, 0.15) is 12.4 Å². The molecule has 24 heavy (non-hydrogen) atoms. The average molecular weight is 348 g/mol. The molecule has 0 aliphatic heterocycles. The van der Waals surface area contributed by atoms with E-state index < -0.39 is 0 Å². The number of rotatable bonds is 10. The molecule has 4 heteroatoms. The molecule has 3 nitrogen and oxygen atoms in total. The minimum absolute atomic E-state index is 0.305. The van der Waals surface area contributed by atoms with Crippen molar-refractivity contribution in [1.82, 2.24) is 5.32 Å². The van der Waals surface area contributed by atoms with Gasteiger partial charge in [0.25, 0.3) is 0 Å². The summed E-state index contributed by atoms with van der Waals surface area (Å²) < 4.78 is 11.4. The molecule has 1 N–H and O–H groups in total. The maximum Gasteiger partial charge on any atom is 0.120 e. The van der Waals surface area contributed by atoms with Crippen LogP contribution in [0, 0.1) is 0 Å². The number of hydrogen-bond acceptors (Lipinski definition) is 3. The monoisotopic (exact) mass is 347 g/mol. The smallest absolute Gasteiger partial charge is 0.120 e. The molecule has 0 bridgehead atoms. The molecule has 0 atom stereocenters. The molecular weight excluding hydrogens is 322 g/mol. The summed E-state index contributed by atoms with van der Waals surface area (Å²) in [5, 5.41) is 4.17. The Morgan fingerprint density at radius 1 is 1.04 bits per heavy atom. The lowest BCUT2D eigenvalue weighted by molar-refractivity contribution is 0.0770. The molecule has 0 spiro atoms. The SMILES string of the molecule is CC(C)OCCCNCc1cccc(OCc2ccc(Cl)cc2)c1. The number of hydrogen-bond donors (Lipinski definition) is 1. The Kier molecular flexibility index (Phi) is 8.10. The van der Waals surface area contributed by atoms with Crippen LogP contribution in [0.15, 0.2) is 48.5 Å². The first kappa shape index (κ1) is 18.8. The Hall–Kier alpha value is -1.55. The molecule has 130 valence electrons. The zero-order valence-corrected chi connectivity index (χ0v) is 15.2. The van der Waals surface area contributed by atoms with Crippen LogP contribution < -0.4 is 10.1 Å². The molecule has 0 radical (unpaired) electrons. The largest absolute Gasteiger partial charge is 0.489 e. The van der Waals surface area contributed by atoms with Gasteiger partial charge in [0.15, 0.2) is 0 Å². The average Bonchev–Trinajstić information content (AvgIpc) is 2.58. The molecule has 0 heterocycles. The van der Waals surface area contributed by atoms with E-state index in [1.165, 1.54) is 5.56 Å². The molecule has 2 aromatic carbocycles. The van der Waals surface area contributed by atoms with Gasteiger partial charge in [0.2, 0.25) is 0 Å². The van der Waals surface area contributed by atoms with Crippen molar-refractivity contribution in [3.8, 4) is 5.75 Å². The number of benzene rings is 2. The Morgan fingerprint density at radius 2 is 1.83 bits per heavy atom. The third kappa shape index (κ3) is 7.35. The fourth-order valence-electron chi connectivity index (χ4n) is 2.24. The maximum absolute atomic E-state index is 5.89. The van der Waals surface area contributed by atoms with Crippen LogP contribution in [0.5, 0.6) is 5.75 Å². The van der Waals surface area contributed by atoms with Gasteiger partial charge >= 0.3 is 0 Å². The van der Waals surface area contributed by atoms with Crippen LogP contribution in [0.3, 0.4) is 0 Å².